The molecule has 3 aromatic rings. The van der Waals surface area contributed by atoms with E-state index in [1.807, 2.05) is 0 Å². The van der Waals surface area contributed by atoms with Crippen LogP contribution in [0, 0.1) is 0 Å². The maximum Gasteiger partial charge on any atom is 0.337 e. The fourth-order valence-electron chi connectivity index (χ4n) is 2.71. The van der Waals surface area contributed by atoms with E-state index in [-0.39, 0.29) is 33.6 Å². The van der Waals surface area contributed by atoms with Crippen LogP contribution in [0.15, 0.2) is 47.3 Å². The van der Waals surface area contributed by atoms with Crippen LogP contribution >= 0.6 is 11.6 Å². The van der Waals surface area contributed by atoms with Crippen LogP contribution in [-0.2, 0) is 0 Å². The monoisotopic (exact) mass is 385 g/mol. The van der Waals surface area contributed by atoms with Crippen LogP contribution < -0.4 is 10.9 Å². The molecule has 0 aliphatic carbocycles. The van der Waals surface area contributed by atoms with Gasteiger partial charge in [0.05, 0.1) is 22.7 Å². The number of aromatic nitrogens is 2. The van der Waals surface area contributed by atoms with Gasteiger partial charge in [0.1, 0.15) is 0 Å². The molecule has 138 valence electrons. The number of hydrogen-bond donors (Lipinski definition) is 2. The molecule has 8 heteroatoms. The molecule has 1 amide bonds. The normalized spacial score (nSPS) is 11.0. The van der Waals surface area contributed by atoms with Gasteiger partial charge in [-0.05, 0) is 38.1 Å². The number of halogens is 1. The molecular weight excluding hydrogens is 370 g/mol. The Labute approximate surface area is 159 Å². The van der Waals surface area contributed by atoms with Crippen molar-refractivity contribution >= 4 is 39.9 Å². The Hall–Kier alpha value is -3.19. The van der Waals surface area contributed by atoms with Gasteiger partial charge in [-0.15, -0.1) is 0 Å². The summed E-state index contributed by atoms with van der Waals surface area (Å²) in [6.07, 6.45) is 0. The lowest BCUT2D eigenvalue weighted by Gasteiger charge is -2.14. The molecule has 2 N–H and O–H groups in total. The summed E-state index contributed by atoms with van der Waals surface area (Å²) in [6, 6.07) is 10.5. The predicted octanol–water partition coefficient (Wildman–Crippen LogP) is 3.58. The molecule has 27 heavy (non-hydrogen) atoms. The van der Waals surface area contributed by atoms with E-state index in [0.717, 1.165) is 0 Å². The third-order valence-electron chi connectivity index (χ3n) is 3.99. The van der Waals surface area contributed by atoms with Gasteiger partial charge >= 0.3 is 5.97 Å². The minimum absolute atomic E-state index is 0.0233. The van der Waals surface area contributed by atoms with Crippen molar-refractivity contribution in [1.82, 2.24) is 9.78 Å². The van der Waals surface area contributed by atoms with Crippen molar-refractivity contribution in [3.8, 4) is 0 Å². The van der Waals surface area contributed by atoms with Crippen LogP contribution in [0.1, 0.15) is 40.7 Å². The topological polar surface area (TPSA) is 101 Å². The highest BCUT2D eigenvalue weighted by molar-refractivity contribution is 6.31. The van der Waals surface area contributed by atoms with Gasteiger partial charge in [0, 0.05) is 10.4 Å². The summed E-state index contributed by atoms with van der Waals surface area (Å²) in [5.74, 6) is -1.84. The molecule has 1 heterocycles. The molecule has 0 aliphatic heterocycles. The van der Waals surface area contributed by atoms with E-state index in [1.54, 1.807) is 38.1 Å². The molecule has 0 fully saturated rings. The zero-order valence-corrected chi connectivity index (χ0v) is 15.3. The molecule has 1 aromatic heterocycles. The first kappa shape index (κ1) is 18.6. The Morgan fingerprint density at radius 3 is 2.44 bits per heavy atom. The summed E-state index contributed by atoms with van der Waals surface area (Å²) < 4.78 is 1.23. The smallest absolute Gasteiger partial charge is 0.337 e. The van der Waals surface area contributed by atoms with Crippen LogP contribution in [0.5, 0.6) is 0 Å². The van der Waals surface area contributed by atoms with Gasteiger partial charge in [0.2, 0.25) is 0 Å². The predicted molar refractivity (Wildman–Crippen MR) is 103 cm³/mol. The van der Waals surface area contributed by atoms with Crippen molar-refractivity contribution in [2.75, 3.05) is 5.32 Å². The average molecular weight is 386 g/mol. The number of carbonyl (C=O) groups is 2. The largest absolute Gasteiger partial charge is 0.478 e. The number of nitrogens with one attached hydrogen (secondary N) is 1. The first-order chi connectivity index (χ1) is 12.8. The molecule has 3 rings (SSSR count). The molecule has 0 saturated carbocycles. The van der Waals surface area contributed by atoms with Gasteiger partial charge in [0.15, 0.2) is 5.69 Å². The second-order valence-corrected chi connectivity index (χ2v) is 6.62. The lowest BCUT2D eigenvalue weighted by Crippen LogP contribution is -2.29. The third-order valence-corrected chi connectivity index (χ3v) is 4.23. The number of carboxylic acids is 1. The first-order valence-electron chi connectivity index (χ1n) is 8.15. The van der Waals surface area contributed by atoms with E-state index < -0.39 is 11.9 Å². The molecule has 2 aromatic carbocycles. The van der Waals surface area contributed by atoms with Crippen molar-refractivity contribution in [2.24, 2.45) is 0 Å². The quantitative estimate of drug-likeness (QED) is 0.714. The number of amides is 1. The molecule has 0 radical (unpaired) electrons. The average Bonchev–Trinajstić information content (AvgIpc) is 2.61. The number of carboxylic acid groups (broad SMARTS) is 1. The number of anilines is 1. The molecule has 0 unspecified atom stereocenters. The summed E-state index contributed by atoms with van der Waals surface area (Å²) in [4.78, 5) is 36.8. The lowest BCUT2D eigenvalue weighted by molar-refractivity contribution is 0.0698. The maximum atomic E-state index is 12.9. The Morgan fingerprint density at radius 1 is 1.15 bits per heavy atom. The lowest BCUT2D eigenvalue weighted by atomic mass is 10.1. The fourth-order valence-corrected chi connectivity index (χ4v) is 2.88. The number of carbonyl (C=O) groups excluding carboxylic acids is 1. The van der Waals surface area contributed by atoms with Crippen molar-refractivity contribution in [2.45, 2.75) is 19.9 Å². The van der Waals surface area contributed by atoms with Crippen LogP contribution in [-0.4, -0.2) is 26.8 Å². The zero-order valence-electron chi connectivity index (χ0n) is 14.6. The number of nitrogens with zero attached hydrogens (tertiary/aromatic N) is 2. The molecule has 0 atom stereocenters. The second kappa shape index (κ2) is 7.20. The van der Waals surface area contributed by atoms with E-state index in [0.29, 0.717) is 10.8 Å². The Kier molecular flexibility index (Phi) is 4.96. The van der Waals surface area contributed by atoms with Gasteiger partial charge in [0.25, 0.3) is 11.5 Å². The van der Waals surface area contributed by atoms with Crippen LogP contribution in [0.4, 0.5) is 5.69 Å². The highest BCUT2D eigenvalue weighted by atomic mass is 35.5. The van der Waals surface area contributed by atoms with E-state index in [9.17, 15) is 19.5 Å². The van der Waals surface area contributed by atoms with Crippen LogP contribution in [0.25, 0.3) is 10.8 Å². The first-order valence-corrected chi connectivity index (χ1v) is 8.53. The van der Waals surface area contributed by atoms with Crippen molar-refractivity contribution < 1.29 is 14.7 Å². The summed E-state index contributed by atoms with van der Waals surface area (Å²) in [7, 11) is 0. The number of rotatable bonds is 4. The van der Waals surface area contributed by atoms with Gasteiger partial charge in [-0.1, -0.05) is 29.8 Å². The number of aromatic carboxylic acids is 1. The SMILES string of the molecule is CC(C)n1nc(C(=O)Nc2cc(Cl)ccc2C(=O)O)c2ccccc2c1=O. The minimum atomic E-state index is -1.20. The highest BCUT2D eigenvalue weighted by Gasteiger charge is 2.20. The number of fused-ring (bicyclic) bond motifs is 1. The Balaban J connectivity index is 2.15. The molecule has 0 bridgehead atoms. The second-order valence-electron chi connectivity index (χ2n) is 6.19. The minimum Gasteiger partial charge on any atom is -0.478 e. The molecule has 0 spiro atoms. The summed E-state index contributed by atoms with van der Waals surface area (Å²) in [5, 5.41) is 17.1. The van der Waals surface area contributed by atoms with E-state index in [1.165, 1.54) is 22.9 Å². The fraction of sp³-hybridized carbons (Fsp3) is 0.158. The number of hydrogen-bond acceptors (Lipinski definition) is 4. The Bertz CT molecular complexity index is 1120. The number of benzene rings is 2. The summed E-state index contributed by atoms with van der Waals surface area (Å²) in [5.41, 5.74) is -0.330. The maximum absolute atomic E-state index is 12.9. The van der Waals surface area contributed by atoms with E-state index >= 15 is 0 Å². The molecular formula is C19H16ClN3O4. The van der Waals surface area contributed by atoms with Gasteiger partial charge < -0.3 is 10.4 Å². The molecule has 0 aliphatic rings. The molecule has 0 saturated heterocycles. The summed E-state index contributed by atoms with van der Waals surface area (Å²) in [6.45, 7) is 3.56. The van der Waals surface area contributed by atoms with Crippen LogP contribution in [0.3, 0.4) is 0 Å². The zero-order chi connectivity index (χ0) is 19.7. The van der Waals surface area contributed by atoms with Crippen LogP contribution in [0.2, 0.25) is 5.02 Å². The van der Waals surface area contributed by atoms with Gasteiger partial charge in [-0.25, -0.2) is 9.48 Å². The Morgan fingerprint density at radius 2 is 1.81 bits per heavy atom. The standard InChI is InChI=1S/C19H16ClN3O4/c1-10(2)23-18(25)13-6-4-3-5-12(13)16(22-23)17(24)21-15-9-11(20)7-8-14(15)19(26)27/h3-10H,1-2H3,(H,21,24)(H,26,27). The van der Waals surface area contributed by atoms with Crippen molar-refractivity contribution in [3.63, 3.8) is 0 Å². The summed E-state index contributed by atoms with van der Waals surface area (Å²) >= 11 is 5.93. The molecule has 7 nitrogen and oxygen atoms in total. The van der Waals surface area contributed by atoms with E-state index in [4.69, 9.17) is 11.6 Å². The third kappa shape index (κ3) is 3.54. The highest BCUT2D eigenvalue weighted by Crippen LogP contribution is 2.23. The van der Waals surface area contributed by atoms with E-state index in [2.05, 4.69) is 10.4 Å². The van der Waals surface area contributed by atoms with Gasteiger partial charge in [-0.3, -0.25) is 9.59 Å². The van der Waals surface area contributed by atoms with Gasteiger partial charge in [-0.2, -0.15) is 5.10 Å². The van der Waals surface area contributed by atoms with Crippen molar-refractivity contribution in [1.29, 1.82) is 0 Å². The van der Waals surface area contributed by atoms with Crippen molar-refractivity contribution in [3.05, 3.63) is 69.1 Å².